The highest BCUT2D eigenvalue weighted by Gasteiger charge is 2.31. The van der Waals surface area contributed by atoms with Crippen molar-refractivity contribution in [2.75, 3.05) is 26.7 Å². The van der Waals surface area contributed by atoms with Crippen molar-refractivity contribution in [1.82, 2.24) is 15.1 Å². The highest BCUT2D eigenvalue weighted by atomic mass is 16.6. The fourth-order valence-corrected chi connectivity index (χ4v) is 5.20. The molecule has 2 aromatic carbocycles. The van der Waals surface area contributed by atoms with Crippen LogP contribution in [-0.2, 0) is 27.2 Å². The number of carbonyl (C=O) groups excluding carboxylic acids is 3. The molecule has 1 fully saturated rings. The minimum atomic E-state index is -0.543. The van der Waals surface area contributed by atoms with Gasteiger partial charge in [0, 0.05) is 32.1 Å². The van der Waals surface area contributed by atoms with E-state index in [0.29, 0.717) is 25.9 Å². The van der Waals surface area contributed by atoms with Crippen LogP contribution >= 0.6 is 0 Å². The lowest BCUT2D eigenvalue weighted by atomic mass is 9.95. The summed E-state index contributed by atoms with van der Waals surface area (Å²) in [6.07, 6.45) is 6.55. The highest BCUT2D eigenvalue weighted by molar-refractivity contribution is 5.86. The summed E-state index contributed by atoms with van der Waals surface area (Å²) in [5.41, 5.74) is 2.07. The number of likely N-dealkylation sites (N-methyl/N-ethyl adjacent to an activating group) is 1. The maximum atomic E-state index is 13.1. The van der Waals surface area contributed by atoms with Crippen LogP contribution in [-0.4, -0.2) is 66.0 Å². The lowest BCUT2D eigenvalue weighted by molar-refractivity contribution is -0.139. The monoisotopic (exact) mass is 549 g/mol. The predicted octanol–water partition coefficient (Wildman–Crippen LogP) is 5.62. The molecular formula is C33H47N3O4. The lowest BCUT2D eigenvalue weighted by Crippen LogP contribution is -2.47. The number of piperidine rings is 1. The maximum absolute atomic E-state index is 13.1. The molecule has 218 valence electrons. The Morgan fingerprint density at radius 3 is 1.88 bits per heavy atom. The van der Waals surface area contributed by atoms with E-state index in [4.69, 9.17) is 4.74 Å². The first-order chi connectivity index (χ1) is 19.1. The predicted molar refractivity (Wildman–Crippen MR) is 159 cm³/mol. The molecule has 40 heavy (non-hydrogen) atoms. The topological polar surface area (TPSA) is 79.0 Å². The van der Waals surface area contributed by atoms with E-state index in [-0.39, 0.29) is 36.4 Å². The third kappa shape index (κ3) is 11.0. The molecule has 0 aromatic heterocycles. The number of nitrogens with zero attached hydrogens (tertiary/aromatic N) is 2. The van der Waals surface area contributed by atoms with Crippen molar-refractivity contribution in [3.8, 4) is 0 Å². The molecule has 1 heterocycles. The summed E-state index contributed by atoms with van der Waals surface area (Å²) in [5.74, 6) is -0.348. The SMILES string of the molecule is CN(CC(=O)NC(CCCc1ccccc1)CCCc1ccccc1)C(=O)C1CCN(C(=O)OC(C)(C)C)CC1. The number of ether oxygens (including phenoxy) is 1. The van der Waals surface area contributed by atoms with Gasteiger partial charge in [0.2, 0.25) is 11.8 Å². The summed E-state index contributed by atoms with van der Waals surface area (Å²) in [7, 11) is 1.70. The van der Waals surface area contributed by atoms with E-state index in [9.17, 15) is 14.4 Å². The lowest BCUT2D eigenvalue weighted by Gasteiger charge is -2.34. The van der Waals surface area contributed by atoms with E-state index >= 15 is 0 Å². The highest BCUT2D eigenvalue weighted by Crippen LogP contribution is 2.21. The quantitative estimate of drug-likeness (QED) is 0.373. The van der Waals surface area contributed by atoms with E-state index in [2.05, 4.69) is 53.8 Å². The van der Waals surface area contributed by atoms with Gasteiger partial charge in [-0.15, -0.1) is 0 Å². The number of likely N-dealkylation sites (tertiary alicyclic amines) is 1. The molecule has 0 spiro atoms. The van der Waals surface area contributed by atoms with Gasteiger partial charge in [0.05, 0.1) is 6.54 Å². The molecular weight excluding hydrogens is 502 g/mol. The summed E-state index contributed by atoms with van der Waals surface area (Å²) < 4.78 is 5.45. The van der Waals surface area contributed by atoms with Crippen molar-refractivity contribution < 1.29 is 19.1 Å². The van der Waals surface area contributed by atoms with Crippen LogP contribution in [0.4, 0.5) is 4.79 Å². The Kier molecular flexibility index (Phi) is 12.0. The zero-order valence-corrected chi connectivity index (χ0v) is 24.7. The molecule has 1 aliphatic rings. The van der Waals surface area contributed by atoms with Crippen LogP contribution < -0.4 is 5.32 Å². The molecule has 7 nitrogen and oxygen atoms in total. The largest absolute Gasteiger partial charge is 0.444 e. The molecule has 3 amide bonds. The zero-order chi connectivity index (χ0) is 29.0. The average Bonchev–Trinajstić information content (AvgIpc) is 2.92. The molecule has 2 aromatic rings. The van der Waals surface area contributed by atoms with Gasteiger partial charge in [0.25, 0.3) is 0 Å². The molecule has 7 heteroatoms. The van der Waals surface area contributed by atoms with Gasteiger partial charge in [-0.3, -0.25) is 9.59 Å². The number of nitrogens with one attached hydrogen (secondary N) is 1. The van der Waals surface area contributed by atoms with Crippen molar-refractivity contribution >= 4 is 17.9 Å². The van der Waals surface area contributed by atoms with Crippen LogP contribution in [0.2, 0.25) is 0 Å². The van der Waals surface area contributed by atoms with E-state index < -0.39 is 5.60 Å². The fourth-order valence-electron chi connectivity index (χ4n) is 5.20. The number of hydrogen-bond donors (Lipinski definition) is 1. The van der Waals surface area contributed by atoms with Crippen molar-refractivity contribution in [1.29, 1.82) is 0 Å². The van der Waals surface area contributed by atoms with Crippen LogP contribution in [0.25, 0.3) is 0 Å². The minimum Gasteiger partial charge on any atom is -0.444 e. The van der Waals surface area contributed by atoms with Crippen molar-refractivity contribution in [2.24, 2.45) is 5.92 Å². The summed E-state index contributed by atoms with van der Waals surface area (Å²) in [6.45, 7) is 6.54. The number of carbonyl (C=O) groups is 3. The minimum absolute atomic E-state index is 0.0382. The fraction of sp³-hybridized carbons (Fsp3) is 0.545. The molecule has 1 N–H and O–H groups in total. The third-order valence-corrected chi connectivity index (χ3v) is 7.34. The van der Waals surface area contributed by atoms with Crippen LogP contribution in [0.15, 0.2) is 60.7 Å². The van der Waals surface area contributed by atoms with Crippen molar-refractivity contribution in [2.45, 2.75) is 83.8 Å². The van der Waals surface area contributed by atoms with Gasteiger partial charge in [-0.2, -0.15) is 0 Å². The Hall–Kier alpha value is -3.35. The molecule has 0 aliphatic carbocycles. The van der Waals surface area contributed by atoms with E-state index in [1.165, 1.54) is 16.0 Å². The van der Waals surface area contributed by atoms with E-state index in [0.717, 1.165) is 38.5 Å². The second-order valence-electron chi connectivity index (χ2n) is 12.0. The second kappa shape index (κ2) is 15.4. The third-order valence-electron chi connectivity index (χ3n) is 7.34. The Bertz CT molecular complexity index is 1010. The van der Waals surface area contributed by atoms with E-state index in [1.807, 2.05) is 32.9 Å². The van der Waals surface area contributed by atoms with Gasteiger partial charge in [-0.05, 0) is 83.3 Å². The van der Waals surface area contributed by atoms with E-state index in [1.54, 1.807) is 11.9 Å². The molecule has 0 radical (unpaired) electrons. The number of rotatable bonds is 12. The Morgan fingerprint density at radius 2 is 1.40 bits per heavy atom. The normalized spacial score (nSPS) is 14.2. The van der Waals surface area contributed by atoms with Gasteiger partial charge < -0.3 is 19.9 Å². The zero-order valence-electron chi connectivity index (χ0n) is 24.7. The van der Waals surface area contributed by atoms with Crippen LogP contribution in [0.5, 0.6) is 0 Å². The summed E-state index contributed by atoms with van der Waals surface area (Å²) in [4.78, 5) is 41.6. The standard InChI is InChI=1S/C33H47N3O4/c1-33(2,3)40-32(39)36-23-21-28(22-24-36)31(38)35(4)25-30(37)34-29(19-11-17-26-13-7-5-8-14-26)20-12-18-27-15-9-6-10-16-27/h5-10,13-16,28-29H,11-12,17-25H2,1-4H3,(H,34,37). The smallest absolute Gasteiger partial charge is 0.410 e. The number of amides is 3. The van der Waals surface area contributed by atoms with Crippen LogP contribution in [0.1, 0.15) is 70.4 Å². The molecule has 0 unspecified atom stereocenters. The Balaban J connectivity index is 1.46. The maximum Gasteiger partial charge on any atom is 0.410 e. The van der Waals surface area contributed by atoms with Gasteiger partial charge >= 0.3 is 6.09 Å². The Labute approximate surface area is 240 Å². The summed E-state index contributed by atoms with van der Waals surface area (Å²) in [6, 6.07) is 20.9. The van der Waals surface area contributed by atoms with Crippen molar-refractivity contribution in [3.63, 3.8) is 0 Å². The second-order valence-corrected chi connectivity index (χ2v) is 12.0. The number of hydrogen-bond acceptors (Lipinski definition) is 4. The first-order valence-electron chi connectivity index (χ1n) is 14.7. The molecule has 0 atom stereocenters. The molecule has 0 bridgehead atoms. The molecule has 1 saturated heterocycles. The Morgan fingerprint density at radius 1 is 0.900 bits per heavy atom. The van der Waals surface area contributed by atoms with Gasteiger partial charge in [-0.25, -0.2) is 4.79 Å². The first kappa shape index (κ1) is 31.2. The average molecular weight is 550 g/mol. The first-order valence-corrected chi connectivity index (χ1v) is 14.7. The number of benzene rings is 2. The van der Waals surface area contributed by atoms with Crippen molar-refractivity contribution in [3.05, 3.63) is 71.8 Å². The summed E-state index contributed by atoms with van der Waals surface area (Å²) >= 11 is 0. The van der Waals surface area contributed by atoms with Crippen LogP contribution in [0.3, 0.4) is 0 Å². The van der Waals surface area contributed by atoms with Gasteiger partial charge in [0.1, 0.15) is 5.60 Å². The van der Waals surface area contributed by atoms with Gasteiger partial charge in [-0.1, -0.05) is 60.7 Å². The molecule has 3 rings (SSSR count). The summed E-state index contributed by atoms with van der Waals surface area (Å²) in [5, 5.41) is 3.22. The van der Waals surface area contributed by atoms with Crippen LogP contribution in [0, 0.1) is 5.92 Å². The molecule has 0 saturated carbocycles. The molecule has 1 aliphatic heterocycles. The number of aryl methyl sites for hydroxylation is 2. The van der Waals surface area contributed by atoms with Gasteiger partial charge in [0.15, 0.2) is 0 Å².